The molecule has 3 aromatic rings. The van der Waals surface area contributed by atoms with Crippen LogP contribution in [0.5, 0.6) is 0 Å². The molecule has 2 aromatic heterocycles. The smallest absolute Gasteiger partial charge is 0.338 e. The predicted octanol–water partition coefficient (Wildman–Crippen LogP) is 6.71. The van der Waals surface area contributed by atoms with E-state index in [2.05, 4.69) is 15.3 Å². The topological polar surface area (TPSA) is 37.8 Å². The van der Waals surface area contributed by atoms with Crippen molar-refractivity contribution in [2.45, 2.75) is 37.0 Å². The second-order valence-corrected chi connectivity index (χ2v) is 8.53. The van der Waals surface area contributed by atoms with Gasteiger partial charge in [-0.3, -0.25) is 0 Å². The molecular formula is C18H15ClF3N3S2. The van der Waals surface area contributed by atoms with E-state index < -0.39 is 11.7 Å². The van der Waals surface area contributed by atoms with Crippen molar-refractivity contribution >= 4 is 56.4 Å². The van der Waals surface area contributed by atoms with Crippen LogP contribution in [-0.2, 0) is 19.0 Å². The molecule has 142 valence electrons. The Kier molecular flexibility index (Phi) is 4.98. The molecule has 4 rings (SSSR count). The fourth-order valence-electron chi connectivity index (χ4n) is 3.24. The van der Waals surface area contributed by atoms with Crippen LogP contribution in [0.25, 0.3) is 10.2 Å². The lowest BCUT2D eigenvalue weighted by Gasteiger charge is -2.15. The first kappa shape index (κ1) is 18.8. The normalized spacial score (nSPS) is 14.4. The molecule has 0 radical (unpaired) electrons. The molecule has 1 aromatic carbocycles. The molecule has 0 saturated heterocycles. The van der Waals surface area contributed by atoms with E-state index in [4.69, 9.17) is 11.6 Å². The summed E-state index contributed by atoms with van der Waals surface area (Å²) in [6.07, 6.45) is 1.61. The zero-order valence-electron chi connectivity index (χ0n) is 14.3. The summed E-state index contributed by atoms with van der Waals surface area (Å²) in [5.74, 6) is 0.518. The maximum absolute atomic E-state index is 13.1. The fraction of sp³-hybridized carbons (Fsp3) is 0.333. The Morgan fingerprint density at radius 2 is 1.96 bits per heavy atom. The third-order valence-corrected chi connectivity index (χ3v) is 6.59. The number of nitrogens with one attached hydrogen (secondary N) is 1. The molecule has 1 N–H and O–H groups in total. The number of alkyl halides is 3. The van der Waals surface area contributed by atoms with Crippen molar-refractivity contribution in [3.8, 4) is 0 Å². The van der Waals surface area contributed by atoms with Gasteiger partial charge < -0.3 is 5.32 Å². The zero-order valence-corrected chi connectivity index (χ0v) is 16.7. The Hall–Kier alpha value is -1.51. The molecule has 9 heteroatoms. The van der Waals surface area contributed by atoms with Gasteiger partial charge in [-0.05, 0) is 55.7 Å². The molecule has 0 amide bonds. The van der Waals surface area contributed by atoms with Crippen LogP contribution in [0, 0.1) is 0 Å². The molecule has 0 bridgehead atoms. The summed E-state index contributed by atoms with van der Waals surface area (Å²) in [5, 5.41) is 4.74. The maximum Gasteiger partial charge on any atom is 0.416 e. The van der Waals surface area contributed by atoms with E-state index in [9.17, 15) is 13.2 Å². The molecule has 1 aliphatic rings. The van der Waals surface area contributed by atoms with E-state index >= 15 is 0 Å². The van der Waals surface area contributed by atoms with E-state index in [1.165, 1.54) is 28.3 Å². The third-order valence-electron chi connectivity index (χ3n) is 4.52. The highest BCUT2D eigenvalue weighted by molar-refractivity contribution is 7.98. The Morgan fingerprint density at radius 3 is 2.70 bits per heavy atom. The SMILES string of the molecule is CSc1nc(Nc2cc(C(F)(F)F)ccc2Cl)c2c3c(sc2n1)CCCC3. The number of aromatic nitrogens is 2. The summed E-state index contributed by atoms with van der Waals surface area (Å²) in [6.45, 7) is 0. The molecule has 0 spiro atoms. The molecule has 0 atom stereocenters. The Balaban J connectivity index is 1.85. The quantitative estimate of drug-likeness (QED) is 0.371. The highest BCUT2D eigenvalue weighted by Gasteiger charge is 2.31. The van der Waals surface area contributed by atoms with Crippen molar-refractivity contribution in [1.82, 2.24) is 9.97 Å². The summed E-state index contributed by atoms with van der Waals surface area (Å²) < 4.78 is 39.3. The van der Waals surface area contributed by atoms with E-state index in [1.807, 2.05) is 6.26 Å². The van der Waals surface area contributed by atoms with Gasteiger partial charge in [0.15, 0.2) is 5.16 Å². The van der Waals surface area contributed by atoms with Gasteiger partial charge in [-0.15, -0.1) is 11.3 Å². The fourth-order valence-corrected chi connectivity index (χ4v) is 5.09. The van der Waals surface area contributed by atoms with Crippen molar-refractivity contribution in [1.29, 1.82) is 0 Å². The van der Waals surface area contributed by atoms with Crippen molar-refractivity contribution in [2.75, 3.05) is 11.6 Å². The van der Waals surface area contributed by atoms with Gasteiger partial charge in [0.2, 0.25) is 0 Å². The number of rotatable bonds is 3. The van der Waals surface area contributed by atoms with Gasteiger partial charge in [-0.2, -0.15) is 13.2 Å². The first-order chi connectivity index (χ1) is 12.9. The number of benzene rings is 1. The Bertz CT molecular complexity index is 1020. The van der Waals surface area contributed by atoms with E-state index in [0.717, 1.165) is 48.0 Å². The first-order valence-electron chi connectivity index (χ1n) is 8.37. The minimum absolute atomic E-state index is 0.189. The van der Waals surface area contributed by atoms with Gasteiger partial charge >= 0.3 is 6.18 Å². The monoisotopic (exact) mass is 429 g/mol. The van der Waals surface area contributed by atoms with E-state index in [1.54, 1.807) is 11.3 Å². The lowest BCUT2D eigenvalue weighted by Crippen LogP contribution is -2.06. The number of thioether (sulfide) groups is 1. The second-order valence-electron chi connectivity index (χ2n) is 6.27. The molecule has 0 unspecified atom stereocenters. The largest absolute Gasteiger partial charge is 0.416 e. The van der Waals surface area contributed by atoms with Crippen LogP contribution in [0.4, 0.5) is 24.7 Å². The number of hydrogen-bond acceptors (Lipinski definition) is 5. The molecule has 27 heavy (non-hydrogen) atoms. The number of hydrogen-bond donors (Lipinski definition) is 1. The highest BCUT2D eigenvalue weighted by Crippen LogP contribution is 2.41. The summed E-state index contributed by atoms with van der Waals surface area (Å²) in [7, 11) is 0. The second kappa shape index (κ2) is 7.14. The van der Waals surface area contributed by atoms with Crippen LogP contribution in [0.3, 0.4) is 0 Å². The van der Waals surface area contributed by atoms with Crippen molar-refractivity contribution < 1.29 is 13.2 Å². The minimum Gasteiger partial charge on any atom is -0.338 e. The van der Waals surface area contributed by atoms with E-state index in [0.29, 0.717) is 11.0 Å². The summed E-state index contributed by atoms with van der Waals surface area (Å²) in [4.78, 5) is 11.3. The Labute approximate surface area is 167 Å². The van der Waals surface area contributed by atoms with Crippen molar-refractivity contribution in [3.05, 3.63) is 39.2 Å². The average Bonchev–Trinajstić information content (AvgIpc) is 3.01. The lowest BCUT2D eigenvalue weighted by molar-refractivity contribution is -0.137. The van der Waals surface area contributed by atoms with Gasteiger partial charge in [-0.1, -0.05) is 23.4 Å². The minimum atomic E-state index is -4.44. The molecule has 0 aliphatic heterocycles. The van der Waals surface area contributed by atoms with Crippen LogP contribution in [0.15, 0.2) is 23.4 Å². The first-order valence-corrected chi connectivity index (χ1v) is 10.8. The summed E-state index contributed by atoms with van der Waals surface area (Å²) in [5.41, 5.74) is 0.644. The van der Waals surface area contributed by atoms with Gasteiger partial charge in [0, 0.05) is 4.88 Å². The number of aryl methyl sites for hydroxylation is 2. The molecule has 3 nitrogen and oxygen atoms in total. The zero-order chi connectivity index (χ0) is 19.2. The number of nitrogens with zero attached hydrogens (tertiary/aromatic N) is 2. The molecular weight excluding hydrogens is 415 g/mol. The van der Waals surface area contributed by atoms with Gasteiger partial charge in [-0.25, -0.2) is 9.97 Å². The van der Waals surface area contributed by atoms with Crippen LogP contribution in [0.1, 0.15) is 28.8 Å². The predicted molar refractivity (Wildman–Crippen MR) is 106 cm³/mol. The third kappa shape index (κ3) is 3.62. The number of fused-ring (bicyclic) bond motifs is 3. The lowest BCUT2D eigenvalue weighted by atomic mass is 9.97. The van der Waals surface area contributed by atoms with Gasteiger partial charge in [0.05, 0.1) is 21.7 Å². The van der Waals surface area contributed by atoms with Gasteiger partial charge in [0.1, 0.15) is 10.6 Å². The highest BCUT2D eigenvalue weighted by atomic mass is 35.5. The molecule has 0 saturated carbocycles. The molecule has 2 heterocycles. The van der Waals surface area contributed by atoms with Gasteiger partial charge in [0.25, 0.3) is 0 Å². The van der Waals surface area contributed by atoms with Crippen LogP contribution in [0.2, 0.25) is 5.02 Å². The van der Waals surface area contributed by atoms with Crippen LogP contribution in [-0.4, -0.2) is 16.2 Å². The average molecular weight is 430 g/mol. The van der Waals surface area contributed by atoms with Crippen LogP contribution >= 0.6 is 34.7 Å². The number of anilines is 2. The van der Waals surface area contributed by atoms with Crippen molar-refractivity contribution in [2.24, 2.45) is 0 Å². The number of halogens is 4. The van der Waals surface area contributed by atoms with Crippen molar-refractivity contribution in [3.63, 3.8) is 0 Å². The summed E-state index contributed by atoms with van der Waals surface area (Å²) >= 11 is 9.21. The van der Waals surface area contributed by atoms with E-state index in [-0.39, 0.29) is 10.7 Å². The number of thiophene rings is 1. The van der Waals surface area contributed by atoms with Crippen LogP contribution < -0.4 is 5.32 Å². The molecule has 0 fully saturated rings. The molecule has 1 aliphatic carbocycles. The maximum atomic E-state index is 13.1. The Morgan fingerprint density at radius 1 is 1.19 bits per heavy atom. The summed E-state index contributed by atoms with van der Waals surface area (Å²) in [6, 6.07) is 3.25. The standard InChI is InChI=1S/C18H15ClF3N3S2/c1-26-17-24-15(14-10-4-2-3-5-13(10)27-16(14)25-17)23-12-8-9(18(20,21)22)6-7-11(12)19/h6-8H,2-5H2,1H3,(H,23,24,25).